The van der Waals surface area contributed by atoms with Crippen LogP contribution in [0.25, 0.3) is 0 Å². The molecule has 0 spiro atoms. The summed E-state index contributed by atoms with van der Waals surface area (Å²) >= 11 is 0. The predicted molar refractivity (Wildman–Crippen MR) is 129 cm³/mol. The van der Waals surface area contributed by atoms with E-state index in [2.05, 4.69) is 46.8 Å². The lowest BCUT2D eigenvalue weighted by Gasteiger charge is -2.65. The maximum absolute atomic E-state index is 11.6. The monoisotopic (exact) mass is 464 g/mol. The van der Waals surface area contributed by atoms with Gasteiger partial charge in [0.1, 0.15) is 0 Å². The standard InChI is InChI=1S/C28H48O5/c1-16(18(3)15-29)6-7-17(2)22-13-23(31)25-20-12-24(32)28(33)14-19(30)8-11-27(28,5)21(20)9-10-26(22,25)4/h6-7,16-25,29-33H,8-15H2,1-5H3/t16-,17+,18?,19?,20+,21-,22+,23?,24?,25+,26+,27+,28?/m0/s1. The molecule has 0 bridgehead atoms. The Morgan fingerprint density at radius 3 is 2.33 bits per heavy atom. The summed E-state index contributed by atoms with van der Waals surface area (Å²) in [4.78, 5) is 0. The van der Waals surface area contributed by atoms with Crippen LogP contribution in [0.15, 0.2) is 12.2 Å². The van der Waals surface area contributed by atoms with Crippen molar-refractivity contribution in [2.75, 3.05) is 6.61 Å². The quantitative estimate of drug-likeness (QED) is 0.401. The van der Waals surface area contributed by atoms with Gasteiger partial charge in [0.15, 0.2) is 0 Å². The van der Waals surface area contributed by atoms with E-state index in [9.17, 15) is 25.5 Å². The zero-order chi connectivity index (χ0) is 24.3. The zero-order valence-corrected chi connectivity index (χ0v) is 21.3. The first-order valence-corrected chi connectivity index (χ1v) is 13.4. The fourth-order valence-electron chi connectivity index (χ4n) is 9.03. The van der Waals surface area contributed by atoms with Gasteiger partial charge in [0, 0.05) is 18.4 Å². The molecule has 0 aliphatic heterocycles. The van der Waals surface area contributed by atoms with Crippen LogP contribution in [0.5, 0.6) is 0 Å². The fraction of sp³-hybridized carbons (Fsp3) is 0.929. The van der Waals surface area contributed by atoms with E-state index in [4.69, 9.17) is 0 Å². The Morgan fingerprint density at radius 1 is 0.970 bits per heavy atom. The first-order chi connectivity index (χ1) is 15.4. The molecule has 4 rings (SSSR count). The molecule has 0 radical (unpaired) electrons. The summed E-state index contributed by atoms with van der Waals surface area (Å²) in [5, 5.41) is 53.9. The molecule has 5 unspecified atom stereocenters. The Morgan fingerprint density at radius 2 is 1.67 bits per heavy atom. The Labute approximate surface area is 200 Å². The zero-order valence-electron chi connectivity index (χ0n) is 21.3. The molecule has 0 heterocycles. The molecule has 0 aromatic rings. The summed E-state index contributed by atoms with van der Waals surface area (Å²) in [6.45, 7) is 11.2. The van der Waals surface area contributed by atoms with Crippen LogP contribution in [0.4, 0.5) is 0 Å². The first-order valence-electron chi connectivity index (χ1n) is 13.4. The molecule has 0 aromatic heterocycles. The smallest absolute Gasteiger partial charge is 0.0985 e. The van der Waals surface area contributed by atoms with E-state index in [1.165, 1.54) is 0 Å². The van der Waals surface area contributed by atoms with Gasteiger partial charge in [0.2, 0.25) is 0 Å². The molecular formula is C28H48O5. The molecular weight excluding hydrogens is 416 g/mol. The lowest BCUT2D eigenvalue weighted by Crippen LogP contribution is -2.69. The maximum atomic E-state index is 11.6. The SMILES string of the molecule is CC(CO)[C@@H](C)C=C[C@@H](C)[C@H]1CC(O)[C@H]2[C@@H]3CC(O)C4(O)CC(O)CC[C@]4(C)[C@H]3CC[C@]12C. The van der Waals surface area contributed by atoms with Crippen molar-refractivity contribution in [3.63, 3.8) is 0 Å². The van der Waals surface area contributed by atoms with Gasteiger partial charge in [-0.1, -0.05) is 46.8 Å². The van der Waals surface area contributed by atoms with Crippen LogP contribution in [-0.2, 0) is 0 Å². The van der Waals surface area contributed by atoms with E-state index < -0.39 is 23.2 Å². The number of rotatable bonds is 5. The summed E-state index contributed by atoms with van der Waals surface area (Å²) in [7, 11) is 0. The summed E-state index contributed by atoms with van der Waals surface area (Å²) in [6, 6.07) is 0. The molecule has 5 nitrogen and oxygen atoms in total. The lowest BCUT2D eigenvalue weighted by atomic mass is 9.42. The maximum Gasteiger partial charge on any atom is 0.0985 e. The van der Waals surface area contributed by atoms with Crippen molar-refractivity contribution in [3.8, 4) is 0 Å². The van der Waals surface area contributed by atoms with Crippen molar-refractivity contribution >= 4 is 0 Å². The highest BCUT2D eigenvalue weighted by molar-refractivity contribution is 5.19. The van der Waals surface area contributed by atoms with Crippen LogP contribution in [0.3, 0.4) is 0 Å². The van der Waals surface area contributed by atoms with E-state index in [0.29, 0.717) is 30.6 Å². The molecule has 5 heteroatoms. The Hall–Kier alpha value is -0.460. The minimum atomic E-state index is -1.24. The Kier molecular flexibility index (Phi) is 6.90. The average Bonchev–Trinajstić information content (AvgIpc) is 3.04. The van der Waals surface area contributed by atoms with Crippen LogP contribution in [0.2, 0.25) is 0 Å². The molecule has 4 aliphatic carbocycles. The molecule has 4 fully saturated rings. The number of aliphatic hydroxyl groups excluding tert-OH is 4. The van der Waals surface area contributed by atoms with E-state index in [1.807, 2.05) is 0 Å². The molecule has 5 N–H and O–H groups in total. The topological polar surface area (TPSA) is 101 Å². The van der Waals surface area contributed by atoms with Gasteiger partial charge in [-0.05, 0) is 85.4 Å². The third-order valence-electron chi connectivity index (χ3n) is 11.4. The summed E-state index contributed by atoms with van der Waals surface area (Å²) < 4.78 is 0. The highest BCUT2D eigenvalue weighted by Gasteiger charge is 2.68. The molecule has 0 amide bonds. The summed E-state index contributed by atoms with van der Waals surface area (Å²) in [5.74, 6) is 1.86. The van der Waals surface area contributed by atoms with Crippen LogP contribution in [0, 0.1) is 52.3 Å². The van der Waals surface area contributed by atoms with Crippen LogP contribution in [-0.4, -0.2) is 56.1 Å². The minimum Gasteiger partial charge on any atom is -0.396 e. The molecule has 4 saturated carbocycles. The molecule has 190 valence electrons. The van der Waals surface area contributed by atoms with E-state index in [0.717, 1.165) is 25.7 Å². The van der Waals surface area contributed by atoms with Crippen molar-refractivity contribution in [3.05, 3.63) is 12.2 Å². The normalized spacial score (nSPS) is 52.6. The highest BCUT2D eigenvalue weighted by Crippen LogP contribution is 2.69. The van der Waals surface area contributed by atoms with Crippen molar-refractivity contribution in [1.82, 2.24) is 0 Å². The van der Waals surface area contributed by atoms with Crippen molar-refractivity contribution in [1.29, 1.82) is 0 Å². The fourth-order valence-corrected chi connectivity index (χ4v) is 9.03. The van der Waals surface area contributed by atoms with Gasteiger partial charge in [0.25, 0.3) is 0 Å². The predicted octanol–water partition coefficient (Wildman–Crippen LogP) is 3.52. The average molecular weight is 465 g/mol. The van der Waals surface area contributed by atoms with Gasteiger partial charge >= 0.3 is 0 Å². The van der Waals surface area contributed by atoms with E-state index >= 15 is 0 Å². The molecule has 13 atom stereocenters. The first kappa shape index (κ1) is 25.6. The van der Waals surface area contributed by atoms with Gasteiger partial charge in [0.05, 0.1) is 23.9 Å². The number of aliphatic hydroxyl groups is 5. The second-order valence-electron chi connectivity index (χ2n) is 13.0. The molecule has 0 saturated heterocycles. The number of allylic oxidation sites excluding steroid dienone is 2. The molecule has 4 aliphatic rings. The minimum absolute atomic E-state index is 0.00981. The number of fused-ring (bicyclic) bond motifs is 5. The number of hydrogen-bond donors (Lipinski definition) is 5. The van der Waals surface area contributed by atoms with Crippen LogP contribution < -0.4 is 0 Å². The third-order valence-corrected chi connectivity index (χ3v) is 11.4. The molecule has 33 heavy (non-hydrogen) atoms. The van der Waals surface area contributed by atoms with E-state index in [-0.39, 0.29) is 48.2 Å². The van der Waals surface area contributed by atoms with Gasteiger partial charge in [-0.15, -0.1) is 0 Å². The second kappa shape index (κ2) is 8.89. The van der Waals surface area contributed by atoms with Crippen molar-refractivity contribution in [2.45, 2.75) is 103 Å². The van der Waals surface area contributed by atoms with Crippen molar-refractivity contribution in [2.24, 2.45) is 52.3 Å². The van der Waals surface area contributed by atoms with Gasteiger partial charge in [-0.25, -0.2) is 0 Å². The second-order valence-corrected chi connectivity index (χ2v) is 13.0. The van der Waals surface area contributed by atoms with Gasteiger partial charge < -0.3 is 25.5 Å². The Bertz CT molecular complexity index is 740. The number of hydrogen-bond acceptors (Lipinski definition) is 5. The van der Waals surface area contributed by atoms with Gasteiger partial charge in [-0.2, -0.15) is 0 Å². The highest BCUT2D eigenvalue weighted by atomic mass is 16.3. The lowest BCUT2D eigenvalue weighted by molar-refractivity contribution is -0.268. The third kappa shape index (κ3) is 3.85. The van der Waals surface area contributed by atoms with E-state index in [1.54, 1.807) is 0 Å². The largest absolute Gasteiger partial charge is 0.396 e. The van der Waals surface area contributed by atoms with Gasteiger partial charge in [-0.3, -0.25) is 0 Å². The molecule has 0 aromatic carbocycles. The van der Waals surface area contributed by atoms with Crippen LogP contribution >= 0.6 is 0 Å². The Balaban J connectivity index is 1.59. The summed E-state index contributed by atoms with van der Waals surface area (Å²) in [5.41, 5.74) is -1.65. The summed E-state index contributed by atoms with van der Waals surface area (Å²) in [6.07, 6.45) is 7.76. The van der Waals surface area contributed by atoms with Crippen molar-refractivity contribution < 1.29 is 25.5 Å². The van der Waals surface area contributed by atoms with Crippen LogP contribution in [0.1, 0.15) is 79.6 Å².